The quantitative estimate of drug-likeness (QED) is 0.511. The molecule has 1 aliphatic heterocycles. The molecule has 1 aromatic heterocycles. The second kappa shape index (κ2) is 10.0. The number of ketones is 2. The second-order valence-electron chi connectivity index (χ2n) is 9.72. The number of nitrogens with zero attached hydrogens (tertiary/aromatic N) is 2. The third-order valence-electron chi connectivity index (χ3n) is 7.18. The molecule has 1 saturated carbocycles. The van der Waals surface area contributed by atoms with Crippen molar-refractivity contribution in [2.45, 2.75) is 52.4 Å². The van der Waals surface area contributed by atoms with Crippen molar-refractivity contribution in [2.24, 2.45) is 5.41 Å². The summed E-state index contributed by atoms with van der Waals surface area (Å²) in [4.78, 5) is 56.7. The average Bonchev–Trinajstić information content (AvgIpc) is 2.81. The molecular formula is C28H28FN3O4. The van der Waals surface area contributed by atoms with E-state index < -0.39 is 29.1 Å². The van der Waals surface area contributed by atoms with E-state index in [2.05, 4.69) is 22.1 Å². The highest BCUT2D eigenvalue weighted by Gasteiger charge is 2.48. The van der Waals surface area contributed by atoms with Gasteiger partial charge in [0.25, 0.3) is 5.91 Å². The van der Waals surface area contributed by atoms with Crippen molar-refractivity contribution in [1.29, 1.82) is 0 Å². The number of amides is 3. The van der Waals surface area contributed by atoms with Gasteiger partial charge in [0.15, 0.2) is 0 Å². The maximum atomic E-state index is 13.3. The number of halogens is 1. The Labute approximate surface area is 209 Å². The smallest absolute Gasteiger partial charge is 0.324 e. The SMILES string of the molecule is CC#Cc1cc(C)c(C2C(=O)CC3(CCN(C(=O)NC(=O)c4cc(F)ccn4)CC3)CC2=O)c(C)c1. The Morgan fingerprint density at radius 1 is 1.08 bits per heavy atom. The van der Waals surface area contributed by atoms with Gasteiger partial charge in [0.2, 0.25) is 0 Å². The Bertz CT molecular complexity index is 1270. The first kappa shape index (κ1) is 25.2. The van der Waals surface area contributed by atoms with E-state index >= 15 is 0 Å². The lowest BCUT2D eigenvalue weighted by atomic mass is 9.62. The molecule has 8 heteroatoms. The van der Waals surface area contributed by atoms with Gasteiger partial charge >= 0.3 is 6.03 Å². The highest BCUT2D eigenvalue weighted by molar-refractivity contribution is 6.10. The number of carbonyl (C=O) groups excluding carboxylic acids is 4. The van der Waals surface area contributed by atoms with E-state index in [4.69, 9.17) is 0 Å². The van der Waals surface area contributed by atoms with Gasteiger partial charge in [-0.1, -0.05) is 5.92 Å². The number of imide groups is 1. The van der Waals surface area contributed by atoms with Crippen LogP contribution in [0.1, 0.15) is 71.3 Å². The highest BCUT2D eigenvalue weighted by atomic mass is 19.1. The van der Waals surface area contributed by atoms with E-state index in [-0.39, 0.29) is 30.1 Å². The first-order chi connectivity index (χ1) is 17.1. The van der Waals surface area contributed by atoms with Crippen LogP contribution in [-0.2, 0) is 9.59 Å². The number of pyridine rings is 1. The van der Waals surface area contributed by atoms with E-state index in [1.165, 1.54) is 4.90 Å². The molecule has 2 fully saturated rings. The number of aromatic nitrogens is 1. The zero-order valence-corrected chi connectivity index (χ0v) is 20.6. The van der Waals surface area contributed by atoms with E-state index in [9.17, 15) is 23.6 Å². The van der Waals surface area contributed by atoms with Gasteiger partial charge in [-0.05, 0) is 73.9 Å². The summed E-state index contributed by atoms with van der Waals surface area (Å²) in [5.74, 6) is 3.55. The highest BCUT2D eigenvalue weighted by Crippen LogP contribution is 2.46. The molecule has 3 amide bonds. The number of likely N-dealkylation sites (tertiary alicyclic amines) is 1. The van der Waals surface area contributed by atoms with Gasteiger partial charge in [0.1, 0.15) is 29.0 Å². The Balaban J connectivity index is 1.41. The molecule has 1 aromatic carbocycles. The van der Waals surface area contributed by atoms with Crippen molar-refractivity contribution in [3.63, 3.8) is 0 Å². The van der Waals surface area contributed by atoms with Crippen molar-refractivity contribution < 1.29 is 23.6 Å². The predicted molar refractivity (Wildman–Crippen MR) is 131 cm³/mol. The van der Waals surface area contributed by atoms with Crippen LogP contribution >= 0.6 is 0 Å². The van der Waals surface area contributed by atoms with E-state index in [0.29, 0.717) is 25.9 Å². The molecule has 0 bridgehead atoms. The molecule has 2 heterocycles. The van der Waals surface area contributed by atoms with Crippen molar-refractivity contribution in [3.8, 4) is 11.8 Å². The minimum Gasteiger partial charge on any atom is -0.324 e. The van der Waals surface area contributed by atoms with Crippen LogP contribution in [0.4, 0.5) is 9.18 Å². The van der Waals surface area contributed by atoms with Crippen molar-refractivity contribution in [2.75, 3.05) is 13.1 Å². The average molecular weight is 490 g/mol. The lowest BCUT2D eigenvalue weighted by molar-refractivity contribution is -0.138. The van der Waals surface area contributed by atoms with Crippen LogP contribution in [0.25, 0.3) is 0 Å². The zero-order chi connectivity index (χ0) is 26.0. The van der Waals surface area contributed by atoms with Gasteiger partial charge in [-0.2, -0.15) is 0 Å². The van der Waals surface area contributed by atoms with Crippen molar-refractivity contribution in [1.82, 2.24) is 15.2 Å². The maximum absolute atomic E-state index is 13.3. The third kappa shape index (κ3) is 5.06. The number of aryl methyl sites for hydroxylation is 2. The Morgan fingerprint density at radius 3 is 2.25 bits per heavy atom. The molecule has 2 aromatic rings. The van der Waals surface area contributed by atoms with Crippen LogP contribution in [0.3, 0.4) is 0 Å². The third-order valence-corrected chi connectivity index (χ3v) is 7.18. The fraction of sp³-hybridized carbons (Fsp3) is 0.393. The lowest BCUT2D eigenvalue weighted by Gasteiger charge is -2.44. The molecule has 0 radical (unpaired) electrons. The van der Waals surface area contributed by atoms with Crippen molar-refractivity contribution >= 4 is 23.5 Å². The fourth-order valence-corrected chi connectivity index (χ4v) is 5.46. The molecule has 7 nitrogen and oxygen atoms in total. The summed E-state index contributed by atoms with van der Waals surface area (Å²) in [6.07, 6.45) is 2.68. The summed E-state index contributed by atoms with van der Waals surface area (Å²) in [6, 6.07) is 5.30. The van der Waals surface area contributed by atoms with Crippen LogP contribution < -0.4 is 5.32 Å². The second-order valence-corrected chi connectivity index (χ2v) is 9.72. The summed E-state index contributed by atoms with van der Waals surface area (Å²) in [5, 5.41) is 2.23. The number of hydrogen-bond donors (Lipinski definition) is 1. The summed E-state index contributed by atoms with van der Waals surface area (Å²) in [5.41, 5.74) is 2.75. The monoisotopic (exact) mass is 489 g/mol. The van der Waals surface area contributed by atoms with E-state index in [0.717, 1.165) is 40.6 Å². The number of urea groups is 1. The topological polar surface area (TPSA) is 96.4 Å². The summed E-state index contributed by atoms with van der Waals surface area (Å²) in [6.45, 7) is 6.20. The van der Waals surface area contributed by atoms with Gasteiger partial charge in [-0.3, -0.25) is 24.7 Å². The minimum absolute atomic E-state index is 0.0861. The van der Waals surface area contributed by atoms with Gasteiger partial charge in [-0.15, -0.1) is 5.92 Å². The largest absolute Gasteiger partial charge is 0.324 e. The molecule has 0 atom stereocenters. The first-order valence-electron chi connectivity index (χ1n) is 11.9. The fourth-order valence-electron chi connectivity index (χ4n) is 5.46. The molecule has 0 unspecified atom stereocenters. The van der Waals surface area contributed by atoms with E-state index in [1.807, 2.05) is 26.0 Å². The van der Waals surface area contributed by atoms with Gasteiger partial charge < -0.3 is 4.90 Å². The lowest BCUT2D eigenvalue weighted by Crippen LogP contribution is -2.51. The number of rotatable bonds is 2. The van der Waals surface area contributed by atoms with Crippen LogP contribution in [0.15, 0.2) is 30.5 Å². The van der Waals surface area contributed by atoms with Gasteiger partial charge in [0.05, 0.1) is 0 Å². The number of carbonyl (C=O) groups is 4. The van der Waals surface area contributed by atoms with Crippen LogP contribution in [0, 0.1) is 36.9 Å². The molecule has 4 rings (SSSR count). The van der Waals surface area contributed by atoms with E-state index in [1.54, 1.807) is 6.92 Å². The molecule has 36 heavy (non-hydrogen) atoms. The Kier molecular flexibility index (Phi) is 7.02. The molecule has 1 saturated heterocycles. The molecular weight excluding hydrogens is 461 g/mol. The zero-order valence-electron chi connectivity index (χ0n) is 20.6. The maximum Gasteiger partial charge on any atom is 0.324 e. The minimum atomic E-state index is -0.785. The van der Waals surface area contributed by atoms with Crippen LogP contribution in [-0.4, -0.2) is 46.5 Å². The van der Waals surface area contributed by atoms with Crippen molar-refractivity contribution in [3.05, 3.63) is 64.2 Å². The number of piperidine rings is 1. The molecule has 1 aliphatic carbocycles. The Hall–Kier alpha value is -3.86. The predicted octanol–water partition coefficient (Wildman–Crippen LogP) is 3.86. The number of benzene rings is 1. The number of hydrogen-bond acceptors (Lipinski definition) is 5. The number of nitrogens with one attached hydrogen (secondary N) is 1. The number of Topliss-reactive ketones (excluding diaryl/α,β-unsaturated/α-hetero) is 2. The van der Waals surface area contributed by atoms with Gasteiger partial charge in [0, 0.05) is 43.8 Å². The first-order valence-corrected chi connectivity index (χ1v) is 11.9. The normalized spacial score (nSPS) is 17.5. The van der Waals surface area contributed by atoms with Crippen LogP contribution in [0.5, 0.6) is 0 Å². The molecule has 1 spiro atoms. The van der Waals surface area contributed by atoms with Crippen LogP contribution in [0.2, 0.25) is 0 Å². The standard InChI is InChI=1S/C28H28FN3O4/c1-4-5-19-12-17(2)24(18(3)13-19)25-22(33)15-28(16-23(25)34)7-10-32(11-8-28)27(36)31-26(35)21-14-20(29)6-9-30-21/h6,9,12-14,25H,7-8,10-11,15-16H2,1-3H3,(H,31,35,36). The van der Waals surface area contributed by atoms with Gasteiger partial charge in [-0.25, -0.2) is 9.18 Å². The molecule has 186 valence electrons. The molecule has 2 aliphatic rings. The summed E-state index contributed by atoms with van der Waals surface area (Å²) >= 11 is 0. The summed E-state index contributed by atoms with van der Waals surface area (Å²) < 4.78 is 13.3. The Morgan fingerprint density at radius 2 is 1.69 bits per heavy atom. The summed E-state index contributed by atoms with van der Waals surface area (Å²) in [7, 11) is 0. The molecule has 1 N–H and O–H groups in total.